The molecule has 2 aromatic rings. The predicted octanol–water partition coefficient (Wildman–Crippen LogP) is 7.56. The van der Waals surface area contributed by atoms with Crippen molar-refractivity contribution in [1.82, 2.24) is 0 Å². The summed E-state index contributed by atoms with van der Waals surface area (Å²) < 4.78 is 29.0. The van der Waals surface area contributed by atoms with Gasteiger partial charge in [0.15, 0.2) is 0 Å². The Kier molecular flexibility index (Phi) is 6.82. The molecule has 1 aliphatic carbocycles. The average molecular weight is 357 g/mol. The van der Waals surface area contributed by atoms with Crippen LogP contribution in [0.1, 0.15) is 63.9 Å². The summed E-state index contributed by atoms with van der Waals surface area (Å²) in [5.74, 6) is 0.725. The average Bonchev–Trinajstić information content (AvgIpc) is 2.66. The summed E-state index contributed by atoms with van der Waals surface area (Å²) in [6.45, 7) is 2.26. The van der Waals surface area contributed by atoms with Gasteiger partial charge < -0.3 is 0 Å². The molecule has 1 fully saturated rings. The van der Waals surface area contributed by atoms with E-state index in [1.165, 1.54) is 57.1 Å². The van der Waals surface area contributed by atoms with Crippen LogP contribution in [0.15, 0.2) is 42.5 Å². The summed E-state index contributed by atoms with van der Waals surface area (Å²) in [6, 6.07) is 12.0. The first-order chi connectivity index (χ1) is 12.7. The van der Waals surface area contributed by atoms with Crippen molar-refractivity contribution in [3.8, 4) is 11.1 Å². The Bertz CT molecular complexity index is 662. The van der Waals surface area contributed by atoms with Crippen molar-refractivity contribution in [2.75, 3.05) is 0 Å². The van der Waals surface area contributed by atoms with Gasteiger partial charge in [0.25, 0.3) is 0 Å². The van der Waals surface area contributed by atoms with Gasteiger partial charge in [-0.25, -0.2) is 8.78 Å². The molecule has 0 aromatic heterocycles. The van der Waals surface area contributed by atoms with E-state index in [0.717, 1.165) is 24.3 Å². The Morgan fingerprint density at radius 3 is 2.00 bits per heavy atom. The second kappa shape index (κ2) is 9.30. The quantitative estimate of drug-likeness (QED) is 0.480. The lowest BCUT2D eigenvalue weighted by atomic mass is 9.78. The van der Waals surface area contributed by atoms with Crippen molar-refractivity contribution >= 4 is 0 Å². The molecule has 0 unspecified atom stereocenters. The lowest BCUT2D eigenvalue weighted by Crippen LogP contribution is -2.15. The summed E-state index contributed by atoms with van der Waals surface area (Å²) in [6.07, 6.45) is 11.1. The van der Waals surface area contributed by atoms with Crippen LogP contribution < -0.4 is 0 Å². The zero-order chi connectivity index (χ0) is 18.4. The van der Waals surface area contributed by atoms with Gasteiger partial charge in [-0.1, -0.05) is 82.2 Å². The summed E-state index contributed by atoms with van der Waals surface area (Å²) in [7, 11) is 0. The molecule has 0 aliphatic heterocycles. The van der Waals surface area contributed by atoms with Crippen molar-refractivity contribution in [2.45, 2.75) is 64.7 Å². The summed E-state index contributed by atoms with van der Waals surface area (Å²) in [5.41, 5.74) is 1.47. The highest BCUT2D eigenvalue weighted by Crippen LogP contribution is 2.34. The number of aryl methyl sites for hydroxylation is 1. The number of benzene rings is 2. The van der Waals surface area contributed by atoms with E-state index in [-0.39, 0.29) is 5.56 Å². The van der Waals surface area contributed by atoms with Crippen LogP contribution in [-0.2, 0) is 6.42 Å². The number of rotatable bonds is 7. The van der Waals surface area contributed by atoms with Gasteiger partial charge in [0.2, 0.25) is 0 Å². The molecule has 0 atom stereocenters. The maximum atomic E-state index is 14.5. The highest BCUT2D eigenvalue weighted by Gasteiger charge is 2.21. The minimum Gasteiger partial charge on any atom is -0.206 e. The third-order valence-electron chi connectivity index (χ3n) is 5.94. The van der Waals surface area contributed by atoms with Crippen LogP contribution >= 0.6 is 0 Å². The Morgan fingerprint density at radius 2 is 1.42 bits per heavy atom. The van der Waals surface area contributed by atoms with E-state index in [9.17, 15) is 8.78 Å². The lowest BCUT2D eigenvalue weighted by molar-refractivity contribution is 0.250. The fraction of sp³-hybridized carbons (Fsp3) is 0.500. The summed E-state index contributed by atoms with van der Waals surface area (Å²) in [5, 5.41) is 0. The van der Waals surface area contributed by atoms with Crippen LogP contribution in [0.5, 0.6) is 0 Å². The number of halogens is 2. The predicted molar refractivity (Wildman–Crippen MR) is 105 cm³/mol. The van der Waals surface area contributed by atoms with Crippen LogP contribution in [0.4, 0.5) is 8.78 Å². The molecule has 26 heavy (non-hydrogen) atoms. The molecule has 0 saturated heterocycles. The van der Waals surface area contributed by atoms with Crippen LogP contribution in [0.25, 0.3) is 11.1 Å². The van der Waals surface area contributed by atoms with Gasteiger partial charge in [0.05, 0.1) is 5.56 Å². The molecule has 3 rings (SSSR count). The molecular formula is C24H30F2. The molecule has 0 nitrogen and oxygen atoms in total. The van der Waals surface area contributed by atoms with Crippen molar-refractivity contribution in [3.05, 3.63) is 59.7 Å². The van der Waals surface area contributed by atoms with Gasteiger partial charge in [-0.15, -0.1) is 0 Å². The lowest BCUT2D eigenvalue weighted by Gasteiger charge is -2.28. The topological polar surface area (TPSA) is 0 Å². The molecule has 0 radical (unpaired) electrons. The largest absolute Gasteiger partial charge is 0.206 e. The first-order valence-electron chi connectivity index (χ1n) is 10.2. The smallest absolute Gasteiger partial charge is 0.134 e. The molecule has 1 aliphatic rings. The minimum absolute atomic E-state index is 0.0887. The molecule has 0 N–H and O–H groups in total. The molecule has 140 valence electrons. The zero-order valence-corrected chi connectivity index (χ0v) is 15.8. The molecule has 2 aromatic carbocycles. The van der Waals surface area contributed by atoms with E-state index < -0.39 is 11.6 Å². The van der Waals surface area contributed by atoms with Crippen molar-refractivity contribution in [2.24, 2.45) is 11.8 Å². The number of hydrogen-bond donors (Lipinski definition) is 0. The van der Waals surface area contributed by atoms with Crippen molar-refractivity contribution in [1.29, 1.82) is 0 Å². The maximum Gasteiger partial charge on any atom is 0.134 e. The Balaban J connectivity index is 1.56. The van der Waals surface area contributed by atoms with Gasteiger partial charge >= 0.3 is 0 Å². The number of hydrogen-bond acceptors (Lipinski definition) is 0. The Hall–Kier alpha value is -1.70. The van der Waals surface area contributed by atoms with Crippen LogP contribution in [0.3, 0.4) is 0 Å². The summed E-state index contributed by atoms with van der Waals surface area (Å²) >= 11 is 0. The molecule has 1 saturated carbocycles. The zero-order valence-electron chi connectivity index (χ0n) is 15.8. The van der Waals surface area contributed by atoms with Gasteiger partial charge in [-0.3, -0.25) is 0 Å². The third kappa shape index (κ3) is 4.93. The standard InChI is InChI=1S/C24H30F2/c1-2-3-7-18-10-12-19(13-11-18)14-15-20-16-22(25)24(23(26)17-20)21-8-5-4-6-9-21/h4-6,8-9,16-19H,2-3,7,10-15H2,1H3. The highest BCUT2D eigenvalue weighted by molar-refractivity contribution is 5.65. The SMILES string of the molecule is CCCCC1CCC(CCc2cc(F)c(-c3ccccc3)c(F)c2)CC1. The molecule has 0 amide bonds. The van der Waals surface area contributed by atoms with Crippen molar-refractivity contribution < 1.29 is 8.78 Å². The van der Waals surface area contributed by atoms with E-state index in [1.807, 2.05) is 6.07 Å². The number of unbranched alkanes of at least 4 members (excludes halogenated alkanes) is 1. The second-order valence-electron chi connectivity index (χ2n) is 7.87. The van der Waals surface area contributed by atoms with Crippen LogP contribution in [0, 0.1) is 23.5 Å². The van der Waals surface area contributed by atoms with E-state index in [4.69, 9.17) is 0 Å². The fourth-order valence-corrected chi connectivity index (χ4v) is 4.32. The van der Waals surface area contributed by atoms with Gasteiger partial charge in [0.1, 0.15) is 11.6 Å². The van der Waals surface area contributed by atoms with Gasteiger partial charge in [-0.05, 0) is 47.9 Å². The van der Waals surface area contributed by atoms with Crippen LogP contribution in [0.2, 0.25) is 0 Å². The molecular weight excluding hydrogens is 326 g/mol. The highest BCUT2D eigenvalue weighted by atomic mass is 19.1. The summed E-state index contributed by atoms with van der Waals surface area (Å²) in [4.78, 5) is 0. The molecule has 0 bridgehead atoms. The molecule has 0 heterocycles. The second-order valence-corrected chi connectivity index (χ2v) is 7.87. The van der Waals surface area contributed by atoms with Gasteiger partial charge in [-0.2, -0.15) is 0 Å². The fourth-order valence-electron chi connectivity index (χ4n) is 4.32. The third-order valence-corrected chi connectivity index (χ3v) is 5.94. The molecule has 2 heteroatoms. The maximum absolute atomic E-state index is 14.5. The molecule has 0 spiro atoms. The first kappa shape index (κ1) is 19.1. The van der Waals surface area contributed by atoms with Crippen LogP contribution in [-0.4, -0.2) is 0 Å². The van der Waals surface area contributed by atoms with E-state index in [1.54, 1.807) is 24.3 Å². The van der Waals surface area contributed by atoms with Gasteiger partial charge in [0, 0.05) is 0 Å². The Morgan fingerprint density at radius 1 is 0.846 bits per heavy atom. The van der Waals surface area contributed by atoms with E-state index in [2.05, 4.69) is 6.92 Å². The normalized spacial score (nSPS) is 20.3. The van der Waals surface area contributed by atoms with Crippen molar-refractivity contribution in [3.63, 3.8) is 0 Å². The monoisotopic (exact) mass is 356 g/mol. The Labute approximate surface area is 156 Å². The van der Waals surface area contributed by atoms with E-state index >= 15 is 0 Å². The minimum atomic E-state index is -0.450. The van der Waals surface area contributed by atoms with E-state index in [0.29, 0.717) is 11.5 Å². The first-order valence-corrected chi connectivity index (χ1v) is 10.2.